The maximum atomic E-state index is 11.4. The highest BCUT2D eigenvalue weighted by atomic mass is 16.2. The molecule has 2 aromatic rings. The van der Waals surface area contributed by atoms with Gasteiger partial charge in [-0.05, 0) is 29.2 Å². The third kappa shape index (κ3) is 3.03. The Morgan fingerprint density at radius 3 is 2.55 bits per heavy atom. The van der Waals surface area contributed by atoms with Crippen LogP contribution in [-0.2, 0) is 17.9 Å². The molecule has 1 fully saturated rings. The van der Waals surface area contributed by atoms with E-state index < -0.39 is 0 Å². The van der Waals surface area contributed by atoms with Crippen LogP contribution in [0, 0.1) is 0 Å². The SMILES string of the molecule is CC1CC(=O)NN1Cc1ccc(-c2ccccc2CN)cc1. The molecule has 0 spiro atoms. The molecule has 3 rings (SSSR count). The largest absolute Gasteiger partial charge is 0.326 e. The van der Waals surface area contributed by atoms with Crippen molar-refractivity contribution in [2.24, 2.45) is 5.73 Å². The summed E-state index contributed by atoms with van der Waals surface area (Å²) in [5.74, 6) is 0.0981. The molecule has 4 heteroatoms. The fourth-order valence-corrected chi connectivity index (χ4v) is 2.86. The number of rotatable bonds is 4. The third-order valence-corrected chi connectivity index (χ3v) is 4.14. The van der Waals surface area contributed by atoms with Gasteiger partial charge in [0.2, 0.25) is 5.91 Å². The van der Waals surface area contributed by atoms with Crippen molar-refractivity contribution in [3.8, 4) is 11.1 Å². The summed E-state index contributed by atoms with van der Waals surface area (Å²) in [6.45, 7) is 3.32. The number of hydrazine groups is 1. The minimum Gasteiger partial charge on any atom is -0.326 e. The van der Waals surface area contributed by atoms with E-state index in [0.29, 0.717) is 13.0 Å². The van der Waals surface area contributed by atoms with E-state index in [9.17, 15) is 4.79 Å². The number of benzene rings is 2. The van der Waals surface area contributed by atoms with E-state index in [1.807, 2.05) is 17.1 Å². The number of nitrogens with one attached hydrogen (secondary N) is 1. The van der Waals surface area contributed by atoms with E-state index in [0.717, 1.165) is 12.1 Å². The van der Waals surface area contributed by atoms with Crippen molar-refractivity contribution in [3.63, 3.8) is 0 Å². The van der Waals surface area contributed by atoms with Crippen LogP contribution in [0.5, 0.6) is 0 Å². The van der Waals surface area contributed by atoms with Crippen molar-refractivity contribution >= 4 is 5.91 Å². The van der Waals surface area contributed by atoms with Crippen molar-refractivity contribution in [1.29, 1.82) is 0 Å². The summed E-state index contributed by atoms with van der Waals surface area (Å²) in [6, 6.07) is 16.9. The lowest BCUT2D eigenvalue weighted by molar-refractivity contribution is -0.121. The number of hydrogen-bond donors (Lipinski definition) is 2. The van der Waals surface area contributed by atoms with Gasteiger partial charge in [-0.3, -0.25) is 10.2 Å². The molecule has 114 valence electrons. The van der Waals surface area contributed by atoms with Gasteiger partial charge in [0.05, 0.1) is 0 Å². The maximum absolute atomic E-state index is 11.4. The summed E-state index contributed by atoms with van der Waals surface area (Å²) in [4.78, 5) is 11.4. The molecule has 0 bridgehead atoms. The molecular formula is C18H21N3O. The Labute approximate surface area is 130 Å². The van der Waals surface area contributed by atoms with E-state index in [2.05, 4.69) is 48.7 Å². The molecule has 0 aliphatic carbocycles. The van der Waals surface area contributed by atoms with Crippen molar-refractivity contribution in [3.05, 3.63) is 59.7 Å². The minimum atomic E-state index is 0.0981. The molecular weight excluding hydrogens is 274 g/mol. The molecule has 0 aromatic heterocycles. The third-order valence-electron chi connectivity index (χ3n) is 4.14. The first-order valence-corrected chi connectivity index (χ1v) is 7.61. The molecule has 1 heterocycles. The van der Waals surface area contributed by atoms with Gasteiger partial charge in [-0.1, -0.05) is 48.5 Å². The van der Waals surface area contributed by atoms with E-state index in [-0.39, 0.29) is 11.9 Å². The standard InChI is InChI=1S/C18H21N3O/c1-13-10-18(22)20-21(13)12-14-6-8-15(9-7-14)17-5-3-2-4-16(17)11-19/h2-9,13H,10-12,19H2,1H3,(H,20,22). The molecule has 1 amide bonds. The second-order valence-corrected chi connectivity index (χ2v) is 5.77. The average Bonchev–Trinajstić information content (AvgIpc) is 2.85. The van der Waals surface area contributed by atoms with Gasteiger partial charge in [0.25, 0.3) is 0 Å². The van der Waals surface area contributed by atoms with Crippen LogP contribution >= 0.6 is 0 Å². The molecule has 1 saturated heterocycles. The van der Waals surface area contributed by atoms with Crippen molar-refractivity contribution in [2.75, 3.05) is 0 Å². The van der Waals surface area contributed by atoms with Gasteiger partial charge in [0, 0.05) is 25.6 Å². The highest BCUT2D eigenvalue weighted by molar-refractivity contribution is 5.77. The molecule has 0 saturated carbocycles. The topological polar surface area (TPSA) is 58.4 Å². The summed E-state index contributed by atoms with van der Waals surface area (Å²) < 4.78 is 0. The zero-order valence-electron chi connectivity index (χ0n) is 12.8. The van der Waals surface area contributed by atoms with Crippen molar-refractivity contribution < 1.29 is 4.79 Å². The van der Waals surface area contributed by atoms with Crippen LogP contribution in [0.3, 0.4) is 0 Å². The number of carbonyl (C=O) groups excluding carboxylic acids is 1. The normalized spacial score (nSPS) is 18.5. The lowest BCUT2D eigenvalue weighted by atomic mass is 9.98. The summed E-state index contributed by atoms with van der Waals surface area (Å²) in [5.41, 5.74) is 13.4. The molecule has 1 aliphatic rings. The fourth-order valence-electron chi connectivity index (χ4n) is 2.86. The first-order chi connectivity index (χ1) is 10.7. The highest BCUT2D eigenvalue weighted by Gasteiger charge is 2.26. The van der Waals surface area contributed by atoms with Gasteiger partial charge in [-0.15, -0.1) is 0 Å². The zero-order valence-corrected chi connectivity index (χ0v) is 12.8. The van der Waals surface area contributed by atoms with Crippen LogP contribution in [0.1, 0.15) is 24.5 Å². The Kier molecular flexibility index (Phi) is 4.22. The predicted octanol–water partition coefficient (Wildman–Crippen LogP) is 2.44. The molecule has 0 radical (unpaired) electrons. The van der Waals surface area contributed by atoms with E-state index in [1.54, 1.807) is 0 Å². The quantitative estimate of drug-likeness (QED) is 0.911. The van der Waals surface area contributed by atoms with Crippen LogP contribution < -0.4 is 11.2 Å². The Morgan fingerprint density at radius 2 is 1.91 bits per heavy atom. The van der Waals surface area contributed by atoms with Crippen LogP contribution in [-0.4, -0.2) is 17.0 Å². The van der Waals surface area contributed by atoms with Crippen LogP contribution in [0.15, 0.2) is 48.5 Å². The molecule has 1 unspecified atom stereocenters. The minimum absolute atomic E-state index is 0.0981. The summed E-state index contributed by atoms with van der Waals surface area (Å²) in [7, 11) is 0. The number of nitrogens with zero attached hydrogens (tertiary/aromatic N) is 1. The lowest BCUT2D eigenvalue weighted by Crippen LogP contribution is -2.36. The molecule has 2 aromatic carbocycles. The number of amides is 1. The monoisotopic (exact) mass is 295 g/mol. The van der Waals surface area contributed by atoms with Crippen LogP contribution in [0.2, 0.25) is 0 Å². The van der Waals surface area contributed by atoms with Gasteiger partial charge >= 0.3 is 0 Å². The van der Waals surface area contributed by atoms with Gasteiger partial charge in [-0.25, -0.2) is 5.01 Å². The first-order valence-electron chi connectivity index (χ1n) is 7.61. The molecule has 3 N–H and O–H groups in total. The first kappa shape index (κ1) is 14.8. The van der Waals surface area contributed by atoms with Crippen LogP contribution in [0.25, 0.3) is 11.1 Å². The van der Waals surface area contributed by atoms with Gasteiger partial charge in [0.15, 0.2) is 0 Å². The maximum Gasteiger partial charge on any atom is 0.235 e. The average molecular weight is 295 g/mol. The number of nitrogens with two attached hydrogens (primary N) is 1. The fraction of sp³-hybridized carbons (Fsp3) is 0.278. The van der Waals surface area contributed by atoms with E-state index >= 15 is 0 Å². The second kappa shape index (κ2) is 6.30. The number of carbonyl (C=O) groups is 1. The summed E-state index contributed by atoms with van der Waals surface area (Å²) in [6.07, 6.45) is 0.571. The van der Waals surface area contributed by atoms with E-state index in [1.165, 1.54) is 16.7 Å². The van der Waals surface area contributed by atoms with Crippen LogP contribution in [0.4, 0.5) is 0 Å². The molecule has 1 atom stereocenters. The highest BCUT2D eigenvalue weighted by Crippen LogP contribution is 2.24. The lowest BCUT2D eigenvalue weighted by Gasteiger charge is -2.20. The Morgan fingerprint density at radius 1 is 1.18 bits per heavy atom. The summed E-state index contributed by atoms with van der Waals surface area (Å²) >= 11 is 0. The smallest absolute Gasteiger partial charge is 0.235 e. The van der Waals surface area contributed by atoms with E-state index in [4.69, 9.17) is 5.73 Å². The second-order valence-electron chi connectivity index (χ2n) is 5.77. The van der Waals surface area contributed by atoms with Gasteiger partial charge < -0.3 is 5.73 Å². The van der Waals surface area contributed by atoms with Crippen molar-refractivity contribution in [1.82, 2.24) is 10.4 Å². The number of hydrogen-bond acceptors (Lipinski definition) is 3. The Bertz CT molecular complexity index is 666. The van der Waals surface area contributed by atoms with Gasteiger partial charge in [-0.2, -0.15) is 0 Å². The van der Waals surface area contributed by atoms with Crippen molar-refractivity contribution in [2.45, 2.75) is 32.5 Å². The predicted molar refractivity (Wildman–Crippen MR) is 87.5 cm³/mol. The zero-order chi connectivity index (χ0) is 15.5. The summed E-state index contributed by atoms with van der Waals surface area (Å²) in [5, 5.41) is 1.99. The molecule has 1 aliphatic heterocycles. The van der Waals surface area contributed by atoms with Gasteiger partial charge in [0.1, 0.15) is 0 Å². The molecule has 22 heavy (non-hydrogen) atoms. The Hall–Kier alpha value is -2.17. The molecule has 4 nitrogen and oxygen atoms in total. The Balaban J connectivity index is 1.77.